The van der Waals surface area contributed by atoms with Crippen molar-refractivity contribution in [2.75, 3.05) is 27.3 Å². The molecule has 5 atom stereocenters. The summed E-state index contributed by atoms with van der Waals surface area (Å²) in [5.41, 5.74) is 8.37. The van der Waals surface area contributed by atoms with Crippen molar-refractivity contribution in [1.29, 1.82) is 0 Å². The zero-order valence-corrected chi connectivity index (χ0v) is 10.8. The number of carboxylic acids is 1. The molecule has 1 heterocycles. The molecule has 0 aromatic rings. The number of aliphatic hydroxyl groups excluding tert-OH is 1. The van der Waals surface area contributed by atoms with Gasteiger partial charge in [-0.05, 0) is 5.53 Å². The largest absolute Gasteiger partial charge is 0.480 e. The molecule has 1 fully saturated rings. The molecule has 0 bridgehead atoms. The number of hydrogen-bond acceptors (Lipinski definition) is 7. The lowest BCUT2D eigenvalue weighted by Gasteiger charge is -2.42. The van der Waals surface area contributed by atoms with Crippen molar-refractivity contribution >= 4 is 5.97 Å². The first-order chi connectivity index (χ1) is 10.0. The van der Waals surface area contributed by atoms with Crippen molar-refractivity contribution in [2.45, 2.75) is 30.7 Å². The van der Waals surface area contributed by atoms with Crippen LogP contribution < -0.4 is 0 Å². The zero-order chi connectivity index (χ0) is 15.8. The van der Waals surface area contributed by atoms with Crippen LogP contribution in [0.15, 0.2) is 5.11 Å². The number of carboxylic acid groups (broad SMARTS) is 1. The lowest BCUT2D eigenvalue weighted by atomic mass is 9.98. The maximum absolute atomic E-state index is 10.6. The van der Waals surface area contributed by atoms with Crippen molar-refractivity contribution in [3.05, 3.63) is 10.4 Å². The van der Waals surface area contributed by atoms with Crippen LogP contribution in [0.3, 0.4) is 0 Å². The molecule has 10 nitrogen and oxygen atoms in total. The van der Waals surface area contributed by atoms with Gasteiger partial charge in [-0.2, -0.15) is 0 Å². The van der Waals surface area contributed by atoms with Gasteiger partial charge in [-0.15, -0.1) is 0 Å². The first kappa shape index (κ1) is 15.0. The minimum atomic E-state index is -1.28. The SMILES string of the molecule is [2H]CO[C@H]1[C@@H](OCC(=O)O)[C@@H](CN=[N+]=[N-])OC(OC)[C@@H]1O. The Morgan fingerprint density at radius 3 is 2.85 bits per heavy atom. The normalized spacial score (nSPS) is 34.1. The molecule has 1 unspecified atom stereocenters. The molecule has 1 rings (SSSR count). The summed E-state index contributed by atoms with van der Waals surface area (Å²) < 4.78 is 27.6. The van der Waals surface area contributed by atoms with E-state index in [9.17, 15) is 9.90 Å². The molecule has 0 aromatic heterocycles. The van der Waals surface area contributed by atoms with Crippen LogP contribution in [0.1, 0.15) is 1.37 Å². The topological polar surface area (TPSA) is 143 Å². The first-order valence-corrected chi connectivity index (χ1v) is 5.66. The minimum absolute atomic E-state index is 0.161. The average Bonchev–Trinajstić information content (AvgIpc) is 2.46. The second kappa shape index (κ2) is 8.00. The second-order valence-corrected chi connectivity index (χ2v) is 3.98. The van der Waals surface area contributed by atoms with E-state index >= 15 is 0 Å². The van der Waals surface area contributed by atoms with E-state index in [1.807, 2.05) is 0 Å². The Morgan fingerprint density at radius 2 is 2.30 bits per heavy atom. The van der Waals surface area contributed by atoms with Crippen molar-refractivity contribution in [3.8, 4) is 0 Å². The highest BCUT2D eigenvalue weighted by Gasteiger charge is 2.46. The Kier molecular flexibility index (Phi) is 5.99. The molecule has 0 aliphatic carbocycles. The van der Waals surface area contributed by atoms with Gasteiger partial charge in [0.25, 0.3) is 0 Å². The number of rotatable bonds is 7. The fourth-order valence-electron chi connectivity index (χ4n) is 1.91. The van der Waals surface area contributed by atoms with E-state index in [1.165, 1.54) is 7.11 Å². The summed E-state index contributed by atoms with van der Waals surface area (Å²) in [6.45, 7) is -0.811. The number of aliphatic hydroxyl groups is 1. The highest BCUT2D eigenvalue weighted by atomic mass is 16.7. The fraction of sp³-hybridized carbons (Fsp3) is 0.900. The molecule has 114 valence electrons. The number of azide groups is 1. The molecule has 2 N–H and O–H groups in total. The van der Waals surface area contributed by atoms with Crippen LogP contribution in [0.4, 0.5) is 0 Å². The second-order valence-electron chi connectivity index (χ2n) is 3.98. The summed E-state index contributed by atoms with van der Waals surface area (Å²) in [5, 5.41) is 22.1. The van der Waals surface area contributed by atoms with Crippen molar-refractivity contribution in [1.82, 2.24) is 0 Å². The Bertz CT molecular complexity index is 393. The maximum atomic E-state index is 10.6. The number of nitrogens with zero attached hydrogens (tertiary/aromatic N) is 3. The lowest BCUT2D eigenvalue weighted by Crippen LogP contribution is -2.60. The zero-order valence-electron chi connectivity index (χ0n) is 11.8. The highest BCUT2D eigenvalue weighted by molar-refractivity contribution is 5.68. The lowest BCUT2D eigenvalue weighted by molar-refractivity contribution is -0.298. The average molecular weight is 292 g/mol. The Balaban J connectivity index is 2.92. The third kappa shape index (κ3) is 4.04. The monoisotopic (exact) mass is 292 g/mol. The van der Waals surface area contributed by atoms with Crippen LogP contribution in [0, 0.1) is 0 Å². The first-order valence-electron chi connectivity index (χ1n) is 6.37. The summed E-state index contributed by atoms with van der Waals surface area (Å²) in [5.74, 6) is -1.22. The van der Waals surface area contributed by atoms with E-state index < -0.39 is 50.4 Å². The predicted molar refractivity (Wildman–Crippen MR) is 63.9 cm³/mol. The minimum Gasteiger partial charge on any atom is -0.480 e. The van der Waals surface area contributed by atoms with Gasteiger partial charge in [0, 0.05) is 19.1 Å². The molecule has 0 saturated carbocycles. The van der Waals surface area contributed by atoms with Crippen LogP contribution in [0.25, 0.3) is 10.4 Å². The van der Waals surface area contributed by atoms with Crippen LogP contribution in [0.2, 0.25) is 0 Å². The fourth-order valence-corrected chi connectivity index (χ4v) is 1.91. The van der Waals surface area contributed by atoms with Crippen molar-refractivity contribution in [3.63, 3.8) is 0 Å². The highest BCUT2D eigenvalue weighted by Crippen LogP contribution is 2.26. The van der Waals surface area contributed by atoms with E-state index in [0.29, 0.717) is 0 Å². The Morgan fingerprint density at radius 1 is 1.55 bits per heavy atom. The van der Waals surface area contributed by atoms with Gasteiger partial charge < -0.3 is 29.2 Å². The summed E-state index contributed by atoms with van der Waals surface area (Å²) in [7, 11) is 0.827. The molecule has 0 spiro atoms. The van der Waals surface area contributed by atoms with Gasteiger partial charge in [-0.25, -0.2) is 4.79 Å². The molecule has 0 radical (unpaired) electrons. The molecular weight excluding hydrogens is 274 g/mol. The molecule has 1 aliphatic rings. The third-order valence-corrected chi connectivity index (χ3v) is 2.76. The van der Waals surface area contributed by atoms with E-state index in [1.54, 1.807) is 0 Å². The molecular formula is C10H17N3O7. The van der Waals surface area contributed by atoms with Crippen LogP contribution in [-0.2, 0) is 23.7 Å². The van der Waals surface area contributed by atoms with Gasteiger partial charge in [0.1, 0.15) is 24.9 Å². The van der Waals surface area contributed by atoms with Gasteiger partial charge in [0.05, 0.1) is 14.0 Å². The van der Waals surface area contributed by atoms with Gasteiger partial charge in [0.2, 0.25) is 0 Å². The van der Waals surface area contributed by atoms with E-state index in [2.05, 4.69) is 10.0 Å². The predicted octanol–water partition coefficient (Wildman–Crippen LogP) is -0.486. The Labute approximate surface area is 116 Å². The van der Waals surface area contributed by atoms with E-state index in [0.717, 1.165) is 0 Å². The molecule has 1 saturated heterocycles. The quantitative estimate of drug-likeness (QED) is 0.366. The van der Waals surface area contributed by atoms with Crippen LogP contribution >= 0.6 is 0 Å². The third-order valence-electron chi connectivity index (χ3n) is 2.76. The van der Waals surface area contributed by atoms with E-state index in [4.69, 9.17) is 31.0 Å². The number of ether oxygens (including phenoxy) is 4. The standard InChI is InChI=1S/C10H17N3O7/c1-17-9-7(16)10(18-2)20-5(3-12-13-11)8(9)19-4-6(14)15/h5,7-10,16H,3-4H2,1-2H3,(H,14,15)/t5-,7-,8+,9-,10?/m1/s1/i1D. The van der Waals surface area contributed by atoms with E-state index in [-0.39, 0.29) is 6.54 Å². The number of carbonyl (C=O) groups is 1. The molecule has 20 heavy (non-hydrogen) atoms. The molecule has 10 heteroatoms. The summed E-state index contributed by atoms with van der Waals surface area (Å²) in [4.78, 5) is 13.2. The van der Waals surface area contributed by atoms with Gasteiger partial charge in [-0.3, -0.25) is 0 Å². The van der Waals surface area contributed by atoms with Crippen LogP contribution in [-0.4, -0.2) is 74.2 Å². The van der Waals surface area contributed by atoms with Crippen molar-refractivity contribution < 1.29 is 35.3 Å². The summed E-state index contributed by atoms with van der Waals surface area (Å²) in [6, 6.07) is 0. The Hall–Kier alpha value is -1.42. The van der Waals surface area contributed by atoms with Crippen molar-refractivity contribution in [2.24, 2.45) is 5.11 Å². The van der Waals surface area contributed by atoms with Gasteiger partial charge >= 0.3 is 5.97 Å². The van der Waals surface area contributed by atoms with Gasteiger partial charge in [-0.1, -0.05) is 5.11 Å². The summed E-state index contributed by atoms with van der Waals surface area (Å²) in [6.07, 6.45) is -5.27. The molecule has 0 aromatic carbocycles. The smallest absolute Gasteiger partial charge is 0.329 e. The molecule has 1 aliphatic heterocycles. The number of methoxy groups -OCH3 is 2. The number of aliphatic carboxylic acids is 1. The number of hydrogen-bond donors (Lipinski definition) is 2. The molecule has 0 amide bonds. The maximum Gasteiger partial charge on any atom is 0.329 e. The van der Waals surface area contributed by atoms with Gasteiger partial charge in [0.15, 0.2) is 6.29 Å². The summed E-state index contributed by atoms with van der Waals surface area (Å²) >= 11 is 0. The van der Waals surface area contributed by atoms with Crippen LogP contribution in [0.5, 0.6) is 0 Å².